The van der Waals surface area contributed by atoms with Gasteiger partial charge >= 0.3 is 0 Å². The highest BCUT2D eigenvalue weighted by Crippen LogP contribution is 2.36. The van der Waals surface area contributed by atoms with Crippen LogP contribution in [0.4, 0.5) is 0 Å². The molecule has 0 amide bonds. The lowest BCUT2D eigenvalue weighted by Gasteiger charge is -2.30. The van der Waals surface area contributed by atoms with Gasteiger partial charge in [-0.2, -0.15) is 0 Å². The summed E-state index contributed by atoms with van der Waals surface area (Å²) >= 11 is 0. The van der Waals surface area contributed by atoms with Crippen LogP contribution in [0.3, 0.4) is 0 Å². The van der Waals surface area contributed by atoms with Crippen molar-refractivity contribution in [2.24, 2.45) is 0 Å². The van der Waals surface area contributed by atoms with E-state index in [1.807, 2.05) is 19.9 Å². The zero-order valence-corrected chi connectivity index (χ0v) is 18.8. The van der Waals surface area contributed by atoms with Crippen LogP contribution in [0.1, 0.15) is 36.1 Å². The number of sulfonamides is 2. The smallest absolute Gasteiger partial charge is 0.206 e. The molecule has 1 atom stereocenters. The second-order valence-corrected chi connectivity index (χ2v) is 11.1. The Morgan fingerprint density at radius 2 is 1.07 bits per heavy atom. The predicted octanol–water partition coefficient (Wildman–Crippen LogP) is 4.83. The van der Waals surface area contributed by atoms with Crippen LogP contribution in [0.15, 0.2) is 88.7 Å². The maximum absolute atomic E-state index is 13.7. The zero-order valence-electron chi connectivity index (χ0n) is 17.2. The molecule has 0 radical (unpaired) electrons. The van der Waals surface area contributed by atoms with Gasteiger partial charge in [0.25, 0.3) is 20.0 Å². The summed E-state index contributed by atoms with van der Waals surface area (Å²) in [5.74, 6) is 0. The van der Waals surface area contributed by atoms with Gasteiger partial charge in [0.1, 0.15) is 0 Å². The van der Waals surface area contributed by atoms with Gasteiger partial charge in [-0.1, -0.05) is 76.4 Å². The summed E-state index contributed by atoms with van der Waals surface area (Å²) in [6.07, 6.45) is 0.292. The molecule has 0 spiro atoms. The maximum Gasteiger partial charge on any atom is 0.256 e. The van der Waals surface area contributed by atoms with Gasteiger partial charge in [0.15, 0.2) is 0 Å². The Kier molecular flexibility index (Phi) is 6.45. The highest BCUT2D eigenvalue weighted by molar-refractivity contribution is 8.04. The normalized spacial score (nSPS) is 13.3. The molecule has 5 nitrogen and oxygen atoms in total. The largest absolute Gasteiger partial charge is 0.256 e. The summed E-state index contributed by atoms with van der Waals surface area (Å²) in [7, 11) is -8.70. The van der Waals surface area contributed by atoms with Crippen molar-refractivity contribution in [3.05, 3.63) is 95.6 Å². The van der Waals surface area contributed by atoms with Gasteiger partial charge in [-0.15, -0.1) is 0 Å². The first kappa shape index (κ1) is 22.2. The Labute approximate surface area is 179 Å². The molecule has 30 heavy (non-hydrogen) atoms. The molecule has 0 unspecified atom stereocenters. The topological polar surface area (TPSA) is 71.5 Å². The minimum atomic E-state index is -4.35. The van der Waals surface area contributed by atoms with Crippen molar-refractivity contribution in [1.82, 2.24) is 3.71 Å². The van der Waals surface area contributed by atoms with Gasteiger partial charge in [0, 0.05) is 0 Å². The second-order valence-electron chi connectivity index (χ2n) is 7.20. The first-order chi connectivity index (χ1) is 14.2. The van der Waals surface area contributed by atoms with Crippen molar-refractivity contribution >= 4 is 20.0 Å². The molecule has 7 heteroatoms. The average molecular weight is 444 g/mol. The Morgan fingerprint density at radius 1 is 0.667 bits per heavy atom. The lowest BCUT2D eigenvalue weighted by Crippen LogP contribution is -2.39. The van der Waals surface area contributed by atoms with E-state index in [4.69, 9.17) is 0 Å². The SMILES string of the molecule is CC[C@@H](c1ccccc1)N(S(=O)(=O)c1ccc(C)cc1)S(=O)(=O)c1ccc(C)cc1. The molecule has 3 aromatic carbocycles. The molecular formula is C23H25NO4S2. The van der Waals surface area contributed by atoms with E-state index in [0.29, 0.717) is 15.7 Å². The van der Waals surface area contributed by atoms with Crippen LogP contribution < -0.4 is 0 Å². The molecule has 3 aromatic rings. The molecule has 3 rings (SSSR count). The Balaban J connectivity index is 2.25. The van der Waals surface area contributed by atoms with Crippen molar-refractivity contribution < 1.29 is 16.8 Å². The molecule has 0 heterocycles. The van der Waals surface area contributed by atoms with Crippen LogP contribution in [-0.4, -0.2) is 20.5 Å². The van der Waals surface area contributed by atoms with E-state index in [1.165, 1.54) is 24.3 Å². The zero-order chi connectivity index (χ0) is 21.9. The monoisotopic (exact) mass is 443 g/mol. The van der Waals surface area contributed by atoms with Crippen molar-refractivity contribution in [1.29, 1.82) is 0 Å². The quantitative estimate of drug-likeness (QED) is 0.524. The molecule has 158 valence electrons. The first-order valence-corrected chi connectivity index (χ1v) is 12.5. The lowest BCUT2D eigenvalue weighted by molar-refractivity contribution is 0.420. The number of nitrogens with zero attached hydrogens (tertiary/aromatic N) is 1. The van der Waals surface area contributed by atoms with E-state index in [0.717, 1.165) is 11.1 Å². The fraction of sp³-hybridized carbons (Fsp3) is 0.217. The second kappa shape index (κ2) is 8.71. The highest BCUT2D eigenvalue weighted by Gasteiger charge is 2.42. The van der Waals surface area contributed by atoms with E-state index in [-0.39, 0.29) is 9.79 Å². The summed E-state index contributed by atoms with van der Waals surface area (Å²) in [5, 5.41) is 0. The summed E-state index contributed by atoms with van der Waals surface area (Å²) in [4.78, 5) is -0.115. The minimum Gasteiger partial charge on any atom is -0.206 e. The van der Waals surface area contributed by atoms with Crippen molar-refractivity contribution in [2.75, 3.05) is 0 Å². The van der Waals surface area contributed by atoms with Gasteiger partial charge in [0.05, 0.1) is 15.8 Å². The average Bonchev–Trinajstić information content (AvgIpc) is 2.72. The third-order valence-corrected chi connectivity index (χ3v) is 9.31. The molecule has 0 aliphatic rings. The fourth-order valence-electron chi connectivity index (χ4n) is 3.27. The van der Waals surface area contributed by atoms with E-state index < -0.39 is 26.1 Å². The molecule has 0 aliphatic heterocycles. The van der Waals surface area contributed by atoms with Gasteiger partial charge in [0.2, 0.25) is 0 Å². The van der Waals surface area contributed by atoms with Crippen LogP contribution in [0.2, 0.25) is 0 Å². The Bertz CT molecular complexity index is 1130. The van der Waals surface area contributed by atoms with Crippen LogP contribution in [0.5, 0.6) is 0 Å². The van der Waals surface area contributed by atoms with Crippen LogP contribution in [0, 0.1) is 13.8 Å². The number of aryl methyl sites for hydroxylation is 2. The molecule has 0 aromatic heterocycles. The molecule has 0 bridgehead atoms. The summed E-state index contributed by atoms with van der Waals surface area (Å²) in [6.45, 7) is 5.46. The minimum absolute atomic E-state index is 0.0573. The number of hydrogen-bond donors (Lipinski definition) is 0. The third-order valence-electron chi connectivity index (χ3n) is 4.94. The van der Waals surface area contributed by atoms with Crippen molar-refractivity contribution in [3.63, 3.8) is 0 Å². The molecule has 0 fully saturated rings. The summed E-state index contributed by atoms with van der Waals surface area (Å²) in [6, 6.07) is 20.4. The molecule has 0 N–H and O–H groups in total. The number of rotatable bonds is 7. The van der Waals surface area contributed by atoms with E-state index >= 15 is 0 Å². The Hall–Kier alpha value is -2.48. The van der Waals surface area contributed by atoms with Gasteiger partial charge in [-0.25, -0.2) is 16.8 Å². The van der Waals surface area contributed by atoms with Crippen LogP contribution >= 0.6 is 0 Å². The number of benzene rings is 3. The van der Waals surface area contributed by atoms with Crippen molar-refractivity contribution in [2.45, 2.75) is 43.0 Å². The summed E-state index contributed by atoms with van der Waals surface area (Å²) < 4.78 is 55.3. The Morgan fingerprint density at radius 3 is 1.43 bits per heavy atom. The van der Waals surface area contributed by atoms with Gasteiger partial charge in [-0.05, 0) is 50.1 Å². The van der Waals surface area contributed by atoms with E-state index in [1.54, 1.807) is 55.5 Å². The maximum atomic E-state index is 13.7. The van der Waals surface area contributed by atoms with E-state index in [9.17, 15) is 16.8 Å². The molecule has 0 saturated carbocycles. The standard InChI is InChI=1S/C23H25NO4S2/c1-4-23(20-8-6-5-7-9-20)24(29(25,26)21-14-10-18(2)11-15-21)30(27,28)22-16-12-19(3)13-17-22/h5-17,23H,4H2,1-3H3/t23-/m0/s1. The molecular weight excluding hydrogens is 418 g/mol. The van der Waals surface area contributed by atoms with Crippen molar-refractivity contribution in [3.8, 4) is 0 Å². The number of hydrogen-bond acceptors (Lipinski definition) is 4. The third kappa shape index (κ3) is 4.33. The molecule has 0 saturated heterocycles. The van der Waals surface area contributed by atoms with Gasteiger partial charge in [-0.3, -0.25) is 0 Å². The molecule has 0 aliphatic carbocycles. The van der Waals surface area contributed by atoms with E-state index in [2.05, 4.69) is 0 Å². The summed E-state index contributed by atoms with van der Waals surface area (Å²) in [5.41, 5.74) is 2.39. The highest BCUT2D eigenvalue weighted by atomic mass is 32.3. The lowest BCUT2D eigenvalue weighted by atomic mass is 10.1. The van der Waals surface area contributed by atoms with Crippen LogP contribution in [0.25, 0.3) is 0 Å². The predicted molar refractivity (Wildman–Crippen MR) is 118 cm³/mol. The van der Waals surface area contributed by atoms with Gasteiger partial charge < -0.3 is 0 Å². The van der Waals surface area contributed by atoms with Crippen LogP contribution in [-0.2, 0) is 20.0 Å². The first-order valence-electron chi connectivity index (χ1n) is 9.66. The fourth-order valence-corrected chi connectivity index (χ4v) is 7.41.